The number of hydrogen-bond acceptors (Lipinski definition) is 4. The highest BCUT2D eigenvalue weighted by molar-refractivity contribution is 6.06. The van der Waals surface area contributed by atoms with Gasteiger partial charge >= 0.3 is 5.69 Å². The summed E-state index contributed by atoms with van der Waals surface area (Å²) in [7, 11) is 1.48. The Kier molecular flexibility index (Phi) is 5.93. The van der Waals surface area contributed by atoms with Gasteiger partial charge in [-0.2, -0.15) is 0 Å². The molecule has 0 aliphatic carbocycles. The smallest absolute Gasteiger partial charge is 0.330 e. The number of rotatable bonds is 5. The van der Waals surface area contributed by atoms with Crippen LogP contribution in [0.15, 0.2) is 33.9 Å². The summed E-state index contributed by atoms with van der Waals surface area (Å²) < 4.78 is 1.30. The molecule has 0 bridgehead atoms. The molecule has 2 aromatic rings. The molecule has 1 heterocycles. The molecule has 0 saturated heterocycles. The van der Waals surface area contributed by atoms with Crippen LogP contribution in [0.2, 0.25) is 0 Å². The highest BCUT2D eigenvalue weighted by Gasteiger charge is 2.22. The minimum absolute atomic E-state index is 0.000591. The van der Waals surface area contributed by atoms with E-state index < -0.39 is 11.2 Å². The standard InChI is InChI=1S/C20H28N4O3/c1-6-7-12-24-16(21)15(17(25)22-19(24)27)23(5)18(26)13-8-10-14(11-9-13)20(2,3)4/h8-11H,6-7,12,21H2,1-5H3,(H,22,25,27). The summed E-state index contributed by atoms with van der Waals surface area (Å²) in [5.74, 6) is -0.368. The molecule has 7 nitrogen and oxygen atoms in total. The molecule has 1 aromatic heterocycles. The molecule has 0 saturated carbocycles. The van der Waals surface area contributed by atoms with E-state index >= 15 is 0 Å². The fourth-order valence-electron chi connectivity index (χ4n) is 2.85. The molecule has 1 aromatic carbocycles. The predicted molar refractivity (Wildman–Crippen MR) is 109 cm³/mol. The van der Waals surface area contributed by atoms with E-state index in [2.05, 4.69) is 25.8 Å². The van der Waals surface area contributed by atoms with Crippen LogP contribution in [0, 0.1) is 0 Å². The van der Waals surface area contributed by atoms with E-state index in [1.165, 1.54) is 16.5 Å². The second-order valence-corrected chi connectivity index (χ2v) is 7.69. The average Bonchev–Trinajstić information content (AvgIpc) is 2.60. The van der Waals surface area contributed by atoms with Crippen LogP contribution in [0.5, 0.6) is 0 Å². The van der Waals surface area contributed by atoms with E-state index in [1.807, 2.05) is 19.1 Å². The number of amides is 1. The molecule has 0 spiro atoms. The zero-order valence-corrected chi connectivity index (χ0v) is 16.6. The maximum atomic E-state index is 12.9. The van der Waals surface area contributed by atoms with E-state index in [0.29, 0.717) is 12.1 Å². The van der Waals surface area contributed by atoms with Crippen LogP contribution in [-0.2, 0) is 12.0 Å². The Balaban J connectivity index is 2.42. The Labute approximate surface area is 158 Å². The van der Waals surface area contributed by atoms with Crippen molar-refractivity contribution in [3.05, 3.63) is 56.2 Å². The van der Waals surface area contributed by atoms with Crippen molar-refractivity contribution >= 4 is 17.4 Å². The summed E-state index contributed by atoms with van der Waals surface area (Å²) in [5.41, 5.74) is 6.34. The Morgan fingerprint density at radius 1 is 1.19 bits per heavy atom. The Hall–Kier alpha value is -2.83. The van der Waals surface area contributed by atoms with E-state index in [0.717, 1.165) is 18.4 Å². The van der Waals surface area contributed by atoms with Gasteiger partial charge in [-0.15, -0.1) is 0 Å². The lowest BCUT2D eigenvalue weighted by atomic mass is 9.86. The third-order valence-electron chi connectivity index (χ3n) is 4.59. The Bertz CT molecular complexity index is 934. The van der Waals surface area contributed by atoms with Crippen LogP contribution in [0.25, 0.3) is 0 Å². The minimum Gasteiger partial charge on any atom is -0.383 e. The maximum absolute atomic E-state index is 12.9. The van der Waals surface area contributed by atoms with E-state index in [-0.39, 0.29) is 22.8 Å². The van der Waals surface area contributed by atoms with Gasteiger partial charge in [-0.25, -0.2) is 4.79 Å². The molecule has 146 valence electrons. The van der Waals surface area contributed by atoms with Gasteiger partial charge in [0.1, 0.15) is 5.82 Å². The van der Waals surface area contributed by atoms with Gasteiger partial charge in [-0.05, 0) is 29.5 Å². The van der Waals surface area contributed by atoms with E-state index in [9.17, 15) is 14.4 Å². The van der Waals surface area contributed by atoms with Gasteiger partial charge in [-0.3, -0.25) is 19.1 Å². The van der Waals surface area contributed by atoms with Crippen molar-refractivity contribution in [1.82, 2.24) is 9.55 Å². The van der Waals surface area contributed by atoms with Gasteiger partial charge < -0.3 is 10.6 Å². The quantitative estimate of drug-likeness (QED) is 0.842. The Morgan fingerprint density at radius 2 is 1.78 bits per heavy atom. The fourth-order valence-corrected chi connectivity index (χ4v) is 2.85. The normalized spacial score (nSPS) is 11.4. The first-order valence-corrected chi connectivity index (χ1v) is 9.09. The van der Waals surface area contributed by atoms with Crippen LogP contribution in [-0.4, -0.2) is 22.5 Å². The van der Waals surface area contributed by atoms with E-state index in [4.69, 9.17) is 5.73 Å². The zero-order valence-electron chi connectivity index (χ0n) is 16.6. The number of nitrogens with one attached hydrogen (secondary N) is 1. The molecule has 27 heavy (non-hydrogen) atoms. The molecular formula is C20H28N4O3. The third-order valence-corrected chi connectivity index (χ3v) is 4.59. The number of H-pyrrole nitrogens is 1. The Morgan fingerprint density at radius 3 is 2.30 bits per heavy atom. The van der Waals surface area contributed by atoms with Gasteiger partial charge in [0.15, 0.2) is 5.69 Å². The number of unbranched alkanes of at least 4 members (excludes halogenated alkanes) is 1. The molecular weight excluding hydrogens is 344 g/mol. The van der Waals surface area contributed by atoms with Crippen molar-refractivity contribution in [2.24, 2.45) is 0 Å². The fraction of sp³-hybridized carbons (Fsp3) is 0.450. The van der Waals surface area contributed by atoms with Crippen molar-refractivity contribution in [2.75, 3.05) is 17.7 Å². The molecule has 0 aliphatic rings. The number of aromatic nitrogens is 2. The highest BCUT2D eigenvalue weighted by atomic mass is 16.2. The summed E-state index contributed by atoms with van der Waals surface area (Å²) in [6.45, 7) is 8.65. The topological polar surface area (TPSA) is 101 Å². The average molecular weight is 372 g/mol. The van der Waals surface area contributed by atoms with Crippen LogP contribution in [0.3, 0.4) is 0 Å². The predicted octanol–water partition coefficient (Wildman–Crippen LogP) is 2.49. The summed E-state index contributed by atoms with van der Waals surface area (Å²) in [6, 6.07) is 7.27. The lowest BCUT2D eigenvalue weighted by Gasteiger charge is -2.22. The zero-order chi connectivity index (χ0) is 20.4. The van der Waals surface area contributed by atoms with Gasteiger partial charge in [0.05, 0.1) is 0 Å². The lowest BCUT2D eigenvalue weighted by Crippen LogP contribution is -2.39. The van der Waals surface area contributed by atoms with Crippen molar-refractivity contribution in [2.45, 2.75) is 52.5 Å². The van der Waals surface area contributed by atoms with Crippen LogP contribution < -0.4 is 21.9 Å². The maximum Gasteiger partial charge on any atom is 0.330 e. The molecule has 7 heteroatoms. The van der Waals surface area contributed by atoms with Crippen molar-refractivity contribution in [3.63, 3.8) is 0 Å². The molecule has 3 N–H and O–H groups in total. The SMILES string of the molecule is CCCCn1c(N)c(N(C)C(=O)c2ccc(C(C)(C)C)cc2)c(=O)[nH]c1=O. The monoisotopic (exact) mass is 372 g/mol. The second-order valence-electron chi connectivity index (χ2n) is 7.69. The first-order chi connectivity index (χ1) is 12.6. The van der Waals surface area contributed by atoms with Crippen LogP contribution in [0.1, 0.15) is 56.5 Å². The minimum atomic E-state index is -0.674. The number of nitrogens with two attached hydrogens (primary N) is 1. The number of hydrogen-bond donors (Lipinski definition) is 2. The van der Waals surface area contributed by atoms with Gasteiger partial charge in [0.25, 0.3) is 11.5 Å². The molecule has 0 atom stereocenters. The number of anilines is 2. The van der Waals surface area contributed by atoms with Crippen LogP contribution in [0.4, 0.5) is 11.5 Å². The molecule has 0 aliphatic heterocycles. The molecule has 1 amide bonds. The first-order valence-electron chi connectivity index (χ1n) is 9.09. The third kappa shape index (κ3) is 4.30. The number of carbonyl (C=O) groups excluding carboxylic acids is 1. The van der Waals surface area contributed by atoms with Crippen molar-refractivity contribution in [1.29, 1.82) is 0 Å². The number of carbonyl (C=O) groups is 1. The molecule has 2 rings (SSSR count). The molecule has 0 fully saturated rings. The second kappa shape index (κ2) is 7.82. The number of benzene rings is 1. The van der Waals surface area contributed by atoms with Gasteiger partial charge in [0.2, 0.25) is 0 Å². The number of nitrogens with zero attached hydrogens (tertiary/aromatic N) is 2. The summed E-state index contributed by atoms with van der Waals surface area (Å²) in [4.78, 5) is 40.6. The van der Waals surface area contributed by atoms with Gasteiger partial charge in [0, 0.05) is 19.2 Å². The summed E-state index contributed by atoms with van der Waals surface area (Å²) in [6.07, 6.45) is 1.61. The number of nitrogen functional groups attached to an aromatic ring is 1. The first kappa shape index (κ1) is 20.5. The van der Waals surface area contributed by atoms with E-state index in [1.54, 1.807) is 12.1 Å². The summed E-state index contributed by atoms with van der Waals surface area (Å²) >= 11 is 0. The lowest BCUT2D eigenvalue weighted by molar-refractivity contribution is 0.0992. The molecule has 0 unspecified atom stereocenters. The van der Waals surface area contributed by atoms with Crippen molar-refractivity contribution < 1.29 is 4.79 Å². The van der Waals surface area contributed by atoms with Crippen LogP contribution >= 0.6 is 0 Å². The molecule has 0 radical (unpaired) electrons. The van der Waals surface area contributed by atoms with Gasteiger partial charge in [-0.1, -0.05) is 46.2 Å². The number of aromatic amines is 1. The van der Waals surface area contributed by atoms with Crippen molar-refractivity contribution in [3.8, 4) is 0 Å². The largest absolute Gasteiger partial charge is 0.383 e. The highest BCUT2D eigenvalue weighted by Crippen LogP contribution is 2.23. The summed E-state index contributed by atoms with van der Waals surface area (Å²) in [5, 5.41) is 0.